The van der Waals surface area contributed by atoms with E-state index in [1.807, 2.05) is 13.8 Å². The van der Waals surface area contributed by atoms with Crippen molar-refractivity contribution in [3.05, 3.63) is 66.3 Å². The van der Waals surface area contributed by atoms with E-state index in [2.05, 4.69) is 48.7 Å². The van der Waals surface area contributed by atoms with Gasteiger partial charge in [-0.05, 0) is 69.3 Å². The van der Waals surface area contributed by atoms with Crippen molar-refractivity contribution in [2.45, 2.75) is 103 Å². The lowest BCUT2D eigenvalue weighted by atomic mass is 10.0. The lowest BCUT2D eigenvalue weighted by Crippen LogP contribution is -2.38. The highest BCUT2D eigenvalue weighted by molar-refractivity contribution is 8.01. The van der Waals surface area contributed by atoms with Crippen LogP contribution in [-0.2, 0) is 9.53 Å². The third kappa shape index (κ3) is 15.0. The highest BCUT2D eigenvalue weighted by Crippen LogP contribution is 2.35. The molecule has 1 rings (SSSR count). The predicted molar refractivity (Wildman–Crippen MR) is 166 cm³/mol. The van der Waals surface area contributed by atoms with Crippen LogP contribution in [0.5, 0.6) is 5.75 Å². The Hall–Kier alpha value is -2.47. The highest BCUT2D eigenvalue weighted by atomic mass is 32.2. The topological polar surface area (TPSA) is 75.6 Å². The molecule has 1 amide bonds. The molecule has 39 heavy (non-hydrogen) atoms. The molecule has 0 heterocycles. The minimum atomic E-state index is -0.532. The van der Waals surface area contributed by atoms with E-state index in [9.17, 15) is 14.7 Å². The zero-order chi connectivity index (χ0) is 28.6. The fourth-order valence-corrected chi connectivity index (χ4v) is 5.49. The first-order valence-electron chi connectivity index (χ1n) is 14.8. The Morgan fingerprint density at radius 1 is 0.872 bits per heavy atom. The molecule has 1 aromatic rings. The van der Waals surface area contributed by atoms with Gasteiger partial charge in [-0.1, -0.05) is 95.0 Å². The molecule has 0 saturated heterocycles. The van der Waals surface area contributed by atoms with Crippen molar-refractivity contribution in [3.8, 4) is 5.75 Å². The standard InChI is InChI=1S/C33H51NO4S/c1-4-7-8-9-10-11-12-13-14-15-16-17-18-19-20-23-28-39-33(5-2,6-3)32(37)38-27-26-34-31(36)29-24-21-22-25-30(29)35/h7-8,10-11,13-14,21-22,24-25,35H,4-6,9,12,15-20,23,26-28H2,1-3H3,(H,34,36)/b8-7-,11-10-,14-13-. The molecule has 5 nitrogen and oxygen atoms in total. The van der Waals surface area contributed by atoms with E-state index >= 15 is 0 Å². The summed E-state index contributed by atoms with van der Waals surface area (Å²) in [5.74, 6) is 0.296. The van der Waals surface area contributed by atoms with Crippen molar-refractivity contribution < 1.29 is 19.4 Å². The van der Waals surface area contributed by atoms with E-state index in [0.29, 0.717) is 0 Å². The number of aromatic hydroxyl groups is 1. The van der Waals surface area contributed by atoms with Crippen LogP contribution in [0.25, 0.3) is 0 Å². The summed E-state index contributed by atoms with van der Waals surface area (Å²) < 4.78 is 5.01. The van der Waals surface area contributed by atoms with Gasteiger partial charge in [0.05, 0.1) is 12.1 Å². The number of hydrogen-bond acceptors (Lipinski definition) is 5. The summed E-state index contributed by atoms with van der Waals surface area (Å²) in [6.07, 6.45) is 26.5. The smallest absolute Gasteiger partial charge is 0.322 e. The van der Waals surface area contributed by atoms with Gasteiger partial charge >= 0.3 is 5.97 Å². The average Bonchev–Trinajstić information content (AvgIpc) is 2.95. The van der Waals surface area contributed by atoms with Crippen LogP contribution in [0.2, 0.25) is 0 Å². The maximum atomic E-state index is 12.9. The number of allylic oxidation sites excluding steroid dienone is 6. The normalized spacial score (nSPS) is 12.1. The number of nitrogens with one attached hydrogen (secondary N) is 1. The van der Waals surface area contributed by atoms with Crippen LogP contribution in [0.15, 0.2) is 60.7 Å². The largest absolute Gasteiger partial charge is 0.507 e. The number of phenolic OH excluding ortho intramolecular Hbond substituents is 1. The fourth-order valence-electron chi connectivity index (χ4n) is 4.17. The summed E-state index contributed by atoms with van der Waals surface area (Å²) in [5.41, 5.74) is 0.211. The van der Waals surface area contributed by atoms with Gasteiger partial charge in [-0.15, -0.1) is 11.8 Å². The maximum Gasteiger partial charge on any atom is 0.322 e. The van der Waals surface area contributed by atoms with E-state index in [1.165, 1.54) is 38.2 Å². The number of unbranched alkanes of at least 4 members (excludes halogenated alkanes) is 6. The van der Waals surface area contributed by atoms with Gasteiger partial charge < -0.3 is 15.2 Å². The Labute approximate surface area is 241 Å². The van der Waals surface area contributed by atoms with Gasteiger partial charge in [-0.3, -0.25) is 9.59 Å². The molecule has 0 atom stereocenters. The van der Waals surface area contributed by atoms with Crippen LogP contribution in [0.3, 0.4) is 0 Å². The van der Waals surface area contributed by atoms with Crippen molar-refractivity contribution in [1.82, 2.24) is 5.32 Å². The average molecular weight is 558 g/mol. The molecule has 6 heteroatoms. The van der Waals surface area contributed by atoms with E-state index in [0.717, 1.165) is 50.7 Å². The number of benzene rings is 1. The molecular weight excluding hydrogens is 506 g/mol. The third-order valence-electron chi connectivity index (χ3n) is 6.71. The second-order valence-electron chi connectivity index (χ2n) is 9.66. The molecule has 0 unspecified atom stereocenters. The number of hydrogen-bond donors (Lipinski definition) is 2. The molecule has 0 aliphatic rings. The zero-order valence-electron chi connectivity index (χ0n) is 24.5. The number of amides is 1. The van der Waals surface area contributed by atoms with Gasteiger partial charge in [0, 0.05) is 0 Å². The second kappa shape index (κ2) is 22.4. The van der Waals surface area contributed by atoms with Crippen LogP contribution >= 0.6 is 11.8 Å². The van der Waals surface area contributed by atoms with Crippen LogP contribution < -0.4 is 5.32 Å². The molecular formula is C33H51NO4S. The number of carbonyl (C=O) groups is 2. The van der Waals surface area contributed by atoms with E-state index in [4.69, 9.17) is 4.74 Å². The first-order chi connectivity index (χ1) is 19.0. The molecule has 0 aliphatic carbocycles. The zero-order valence-corrected chi connectivity index (χ0v) is 25.3. The summed E-state index contributed by atoms with van der Waals surface area (Å²) in [4.78, 5) is 25.1. The highest BCUT2D eigenvalue weighted by Gasteiger charge is 2.36. The van der Waals surface area contributed by atoms with Crippen LogP contribution in [0.1, 0.15) is 108 Å². The van der Waals surface area contributed by atoms with Crippen molar-refractivity contribution in [2.24, 2.45) is 0 Å². The minimum absolute atomic E-state index is 0.0678. The second-order valence-corrected chi connectivity index (χ2v) is 11.1. The summed E-state index contributed by atoms with van der Waals surface area (Å²) in [6, 6.07) is 6.38. The van der Waals surface area contributed by atoms with Gasteiger partial charge in [0.2, 0.25) is 0 Å². The Morgan fingerprint density at radius 2 is 1.49 bits per heavy atom. The Bertz CT molecular complexity index is 889. The van der Waals surface area contributed by atoms with Gasteiger partial charge in [0.1, 0.15) is 17.1 Å². The first-order valence-corrected chi connectivity index (χ1v) is 15.8. The number of phenols is 1. The van der Waals surface area contributed by atoms with E-state index < -0.39 is 4.75 Å². The van der Waals surface area contributed by atoms with Gasteiger partial charge in [-0.2, -0.15) is 0 Å². The number of thioether (sulfide) groups is 1. The molecule has 0 fully saturated rings. The lowest BCUT2D eigenvalue weighted by molar-refractivity contribution is -0.146. The van der Waals surface area contributed by atoms with E-state index in [-0.39, 0.29) is 36.3 Å². The summed E-state index contributed by atoms with van der Waals surface area (Å²) >= 11 is 1.71. The van der Waals surface area contributed by atoms with Crippen molar-refractivity contribution in [1.29, 1.82) is 0 Å². The number of rotatable bonds is 22. The Balaban J connectivity index is 2.15. The number of ether oxygens (including phenoxy) is 1. The quantitative estimate of drug-likeness (QED) is 0.0848. The molecule has 0 spiro atoms. The molecule has 218 valence electrons. The number of esters is 1. The molecule has 0 aliphatic heterocycles. The maximum absolute atomic E-state index is 12.9. The van der Waals surface area contributed by atoms with Gasteiger partial charge in [-0.25, -0.2) is 0 Å². The van der Waals surface area contributed by atoms with Crippen LogP contribution in [-0.4, -0.2) is 40.6 Å². The Morgan fingerprint density at radius 3 is 2.15 bits per heavy atom. The first kappa shape index (κ1) is 34.6. The van der Waals surface area contributed by atoms with Crippen molar-refractivity contribution >= 4 is 23.6 Å². The summed E-state index contributed by atoms with van der Waals surface area (Å²) in [5, 5.41) is 12.5. The van der Waals surface area contributed by atoms with Crippen molar-refractivity contribution in [3.63, 3.8) is 0 Å². The third-order valence-corrected chi connectivity index (χ3v) is 8.50. The predicted octanol–water partition coefficient (Wildman–Crippen LogP) is 8.55. The van der Waals surface area contributed by atoms with Gasteiger partial charge in [0.25, 0.3) is 5.91 Å². The fraction of sp³-hybridized carbons (Fsp3) is 0.576. The molecule has 1 aromatic carbocycles. The number of carbonyl (C=O) groups excluding carboxylic acids is 2. The molecule has 0 saturated carbocycles. The lowest BCUT2D eigenvalue weighted by Gasteiger charge is -2.28. The summed E-state index contributed by atoms with van der Waals surface area (Å²) in [6.45, 7) is 6.55. The molecule has 0 bridgehead atoms. The van der Waals surface area contributed by atoms with Crippen molar-refractivity contribution in [2.75, 3.05) is 18.9 Å². The van der Waals surface area contributed by atoms with Crippen LogP contribution in [0.4, 0.5) is 0 Å². The van der Waals surface area contributed by atoms with Crippen LogP contribution in [0, 0.1) is 0 Å². The molecule has 0 aromatic heterocycles. The molecule has 0 radical (unpaired) electrons. The van der Waals surface area contributed by atoms with E-state index in [1.54, 1.807) is 30.0 Å². The molecule has 2 N–H and O–H groups in total. The SMILES string of the molecule is CC/C=C\C/C=C\C/C=C\CCCCCCCCSC(CC)(CC)C(=O)OCCNC(=O)c1ccccc1O. The van der Waals surface area contributed by atoms with Gasteiger partial charge in [0.15, 0.2) is 0 Å². The Kier molecular flexibility index (Phi) is 19.8. The number of para-hydroxylation sites is 1. The minimum Gasteiger partial charge on any atom is -0.507 e. The summed E-state index contributed by atoms with van der Waals surface area (Å²) in [7, 11) is 0. The monoisotopic (exact) mass is 557 g/mol.